The highest BCUT2D eigenvalue weighted by Crippen LogP contribution is 2.40. The molecule has 1 aliphatic rings. The molecule has 23 heavy (non-hydrogen) atoms. The molecule has 1 aliphatic heterocycles. The molecule has 7 heteroatoms. The second-order valence-electron chi connectivity index (χ2n) is 4.80. The van der Waals surface area contributed by atoms with Gasteiger partial charge in [-0.05, 0) is 27.4 Å². The van der Waals surface area contributed by atoms with Gasteiger partial charge in [-0.25, -0.2) is 4.79 Å². The summed E-state index contributed by atoms with van der Waals surface area (Å²) in [5.74, 6) is -0.433. The summed E-state index contributed by atoms with van der Waals surface area (Å²) in [6.45, 7) is 0.918. The maximum Gasteiger partial charge on any atom is 0.348 e. The summed E-state index contributed by atoms with van der Waals surface area (Å²) in [5.41, 5.74) is 1.63. The molecular formula is C16H15BrO5S. The second-order valence-corrected chi connectivity index (χ2v) is 6.50. The van der Waals surface area contributed by atoms with E-state index in [4.69, 9.17) is 18.9 Å². The predicted octanol–water partition coefficient (Wildman–Crippen LogP) is 3.53. The van der Waals surface area contributed by atoms with Crippen LogP contribution in [0.4, 0.5) is 0 Å². The lowest BCUT2D eigenvalue weighted by Gasteiger charge is -2.15. The number of carbonyl (C=O) groups excluding carboxylic acids is 1. The average molecular weight is 399 g/mol. The van der Waals surface area contributed by atoms with E-state index in [1.165, 1.54) is 0 Å². The SMILES string of the molecule is COCCOCOC1OC(=O)C(Br)=C1c1csc2ccccc12. The van der Waals surface area contributed by atoms with E-state index >= 15 is 0 Å². The molecule has 0 fully saturated rings. The summed E-state index contributed by atoms with van der Waals surface area (Å²) in [5, 5.41) is 3.07. The summed E-state index contributed by atoms with van der Waals surface area (Å²) in [4.78, 5) is 11.9. The minimum absolute atomic E-state index is 0.0210. The number of cyclic esters (lactones) is 1. The van der Waals surface area contributed by atoms with Crippen LogP contribution in [0.1, 0.15) is 5.56 Å². The standard InChI is InChI=1S/C16H15BrO5S/c1-19-6-7-20-9-21-16-13(14(17)15(18)22-16)11-8-23-12-5-3-2-4-10(11)12/h2-5,8,16H,6-7,9H2,1H3. The van der Waals surface area contributed by atoms with Crippen molar-refractivity contribution in [1.82, 2.24) is 0 Å². The number of rotatable bonds is 7. The summed E-state index contributed by atoms with van der Waals surface area (Å²) >= 11 is 4.94. The Bertz CT molecular complexity index is 739. The van der Waals surface area contributed by atoms with Crippen LogP contribution >= 0.6 is 27.3 Å². The summed E-state index contributed by atoms with van der Waals surface area (Å²) in [7, 11) is 1.60. The molecule has 1 unspecified atom stereocenters. The van der Waals surface area contributed by atoms with Gasteiger partial charge in [-0.2, -0.15) is 0 Å². The maximum atomic E-state index is 11.9. The van der Waals surface area contributed by atoms with E-state index < -0.39 is 12.3 Å². The van der Waals surface area contributed by atoms with Crippen LogP contribution in [0.15, 0.2) is 34.1 Å². The molecule has 0 amide bonds. The zero-order valence-electron chi connectivity index (χ0n) is 12.4. The molecule has 0 spiro atoms. The van der Waals surface area contributed by atoms with Crippen LogP contribution < -0.4 is 0 Å². The van der Waals surface area contributed by atoms with Crippen LogP contribution in [0.5, 0.6) is 0 Å². The third-order valence-electron chi connectivity index (χ3n) is 3.37. The van der Waals surface area contributed by atoms with Gasteiger partial charge in [0.05, 0.1) is 18.8 Å². The Hall–Kier alpha value is -1.25. The lowest BCUT2D eigenvalue weighted by Crippen LogP contribution is -2.18. The third kappa shape index (κ3) is 3.49. The number of thiophene rings is 1. The second kappa shape index (κ2) is 7.55. The van der Waals surface area contributed by atoms with Gasteiger partial charge in [0.2, 0.25) is 6.29 Å². The largest absolute Gasteiger partial charge is 0.427 e. The first-order valence-electron chi connectivity index (χ1n) is 6.98. The van der Waals surface area contributed by atoms with Crippen molar-refractivity contribution in [2.75, 3.05) is 27.1 Å². The van der Waals surface area contributed by atoms with Gasteiger partial charge in [0.15, 0.2) is 6.79 Å². The number of carbonyl (C=O) groups is 1. The van der Waals surface area contributed by atoms with Crippen molar-refractivity contribution in [1.29, 1.82) is 0 Å². The van der Waals surface area contributed by atoms with Crippen LogP contribution in [-0.4, -0.2) is 39.4 Å². The number of esters is 1. The minimum Gasteiger partial charge on any atom is -0.427 e. The molecule has 1 aromatic heterocycles. The molecule has 0 bridgehead atoms. The van der Waals surface area contributed by atoms with E-state index in [-0.39, 0.29) is 6.79 Å². The lowest BCUT2D eigenvalue weighted by molar-refractivity contribution is -0.177. The fourth-order valence-electron chi connectivity index (χ4n) is 2.28. The minimum atomic E-state index is -0.780. The Morgan fingerprint density at radius 3 is 2.96 bits per heavy atom. The molecule has 0 radical (unpaired) electrons. The molecule has 0 saturated carbocycles. The van der Waals surface area contributed by atoms with E-state index in [0.29, 0.717) is 23.3 Å². The first-order valence-corrected chi connectivity index (χ1v) is 8.65. The van der Waals surface area contributed by atoms with Gasteiger partial charge in [0, 0.05) is 22.8 Å². The van der Waals surface area contributed by atoms with Crippen molar-refractivity contribution in [3.63, 3.8) is 0 Å². The number of hydrogen-bond acceptors (Lipinski definition) is 6. The lowest BCUT2D eigenvalue weighted by atomic mass is 10.1. The molecule has 122 valence electrons. The Morgan fingerprint density at radius 2 is 2.13 bits per heavy atom. The van der Waals surface area contributed by atoms with Crippen LogP contribution in [0, 0.1) is 0 Å². The highest BCUT2D eigenvalue weighted by atomic mass is 79.9. The van der Waals surface area contributed by atoms with Crippen molar-refractivity contribution >= 4 is 48.9 Å². The van der Waals surface area contributed by atoms with Gasteiger partial charge in [-0.15, -0.1) is 11.3 Å². The number of ether oxygens (including phenoxy) is 4. The first-order chi connectivity index (χ1) is 11.2. The summed E-state index contributed by atoms with van der Waals surface area (Å²) in [6.07, 6.45) is -0.780. The fourth-order valence-corrected chi connectivity index (χ4v) is 3.74. The molecule has 0 N–H and O–H groups in total. The Kier molecular flexibility index (Phi) is 5.45. The Balaban J connectivity index is 1.81. The molecule has 0 aliphatic carbocycles. The van der Waals surface area contributed by atoms with Gasteiger partial charge in [-0.3, -0.25) is 0 Å². The van der Waals surface area contributed by atoms with E-state index in [0.717, 1.165) is 15.6 Å². The van der Waals surface area contributed by atoms with Gasteiger partial charge < -0.3 is 18.9 Å². The van der Waals surface area contributed by atoms with Crippen LogP contribution in [0.25, 0.3) is 15.7 Å². The highest BCUT2D eigenvalue weighted by molar-refractivity contribution is 9.12. The molecule has 5 nitrogen and oxygen atoms in total. The number of benzene rings is 1. The molecule has 2 heterocycles. The molecular weight excluding hydrogens is 384 g/mol. The van der Waals surface area contributed by atoms with Crippen molar-refractivity contribution < 1.29 is 23.7 Å². The van der Waals surface area contributed by atoms with Crippen LogP contribution in [0.2, 0.25) is 0 Å². The maximum absolute atomic E-state index is 11.9. The zero-order chi connectivity index (χ0) is 16.2. The highest BCUT2D eigenvalue weighted by Gasteiger charge is 2.35. The predicted molar refractivity (Wildman–Crippen MR) is 91.3 cm³/mol. The quantitative estimate of drug-likeness (QED) is 0.405. The number of methoxy groups -OCH3 is 1. The van der Waals surface area contributed by atoms with Gasteiger partial charge in [0.25, 0.3) is 0 Å². The molecule has 3 rings (SSSR count). The fraction of sp³-hybridized carbons (Fsp3) is 0.312. The molecule has 1 aromatic carbocycles. The van der Waals surface area contributed by atoms with E-state index in [2.05, 4.69) is 15.9 Å². The monoisotopic (exact) mass is 398 g/mol. The number of hydrogen-bond donors (Lipinski definition) is 0. The van der Waals surface area contributed by atoms with Gasteiger partial charge in [0.1, 0.15) is 4.48 Å². The molecule has 0 saturated heterocycles. The van der Waals surface area contributed by atoms with Crippen molar-refractivity contribution in [2.45, 2.75) is 6.29 Å². The number of halogens is 1. The van der Waals surface area contributed by atoms with E-state index in [9.17, 15) is 4.79 Å². The van der Waals surface area contributed by atoms with Crippen molar-refractivity contribution in [3.8, 4) is 0 Å². The van der Waals surface area contributed by atoms with Crippen molar-refractivity contribution in [2.24, 2.45) is 0 Å². The molecule has 1 atom stereocenters. The average Bonchev–Trinajstić information content (AvgIpc) is 3.09. The summed E-state index contributed by atoms with van der Waals surface area (Å²) < 4.78 is 22.6. The summed E-state index contributed by atoms with van der Waals surface area (Å²) in [6, 6.07) is 8.01. The van der Waals surface area contributed by atoms with Crippen molar-refractivity contribution in [3.05, 3.63) is 39.7 Å². The topological polar surface area (TPSA) is 54.0 Å². The normalized spacial score (nSPS) is 18.0. The van der Waals surface area contributed by atoms with E-state index in [1.807, 2.05) is 29.6 Å². The number of fused-ring (bicyclic) bond motifs is 1. The smallest absolute Gasteiger partial charge is 0.348 e. The first kappa shape index (κ1) is 16.6. The Labute approximate surface area is 145 Å². The third-order valence-corrected chi connectivity index (χ3v) is 5.09. The van der Waals surface area contributed by atoms with Crippen LogP contribution in [0.3, 0.4) is 0 Å². The van der Waals surface area contributed by atoms with Gasteiger partial charge >= 0.3 is 5.97 Å². The zero-order valence-corrected chi connectivity index (χ0v) is 14.8. The molecule has 2 aromatic rings. The van der Waals surface area contributed by atoms with Gasteiger partial charge in [-0.1, -0.05) is 18.2 Å². The van der Waals surface area contributed by atoms with Crippen LogP contribution in [-0.2, 0) is 23.7 Å². The van der Waals surface area contributed by atoms with E-state index in [1.54, 1.807) is 18.4 Å². The Morgan fingerprint density at radius 1 is 1.30 bits per heavy atom.